The highest BCUT2D eigenvalue weighted by molar-refractivity contribution is 7.89. The van der Waals surface area contributed by atoms with Crippen LogP contribution in [0.15, 0.2) is 18.2 Å². The van der Waals surface area contributed by atoms with E-state index in [9.17, 15) is 17.2 Å². The number of hydrogen-bond donors (Lipinski definition) is 1. The Hall–Kier alpha value is -1.21. The number of ether oxygens (including phenoxy) is 1. The molecule has 0 heterocycles. The fraction of sp³-hybridized carbons (Fsp3) is 0.400. The molecule has 0 unspecified atom stereocenters. The van der Waals surface area contributed by atoms with Gasteiger partial charge in [-0.25, -0.2) is 21.9 Å². The van der Waals surface area contributed by atoms with Crippen LogP contribution in [0.25, 0.3) is 0 Å². The zero-order chi connectivity index (χ0) is 12.9. The minimum absolute atomic E-state index is 0.0157. The summed E-state index contributed by atoms with van der Waals surface area (Å²) in [5.74, 6) is -1.82. The Morgan fingerprint density at radius 2 is 2.00 bits per heavy atom. The average Bonchev–Trinajstić information content (AvgIpc) is 2.29. The quantitative estimate of drug-likeness (QED) is 0.788. The van der Waals surface area contributed by atoms with Gasteiger partial charge in [0.25, 0.3) is 0 Å². The Labute approximate surface area is 98.6 Å². The summed E-state index contributed by atoms with van der Waals surface area (Å²) in [5, 5.41) is 0. The molecule has 1 aromatic carbocycles. The topological polar surface area (TPSA) is 55.4 Å². The molecule has 0 aromatic heterocycles. The van der Waals surface area contributed by atoms with E-state index in [1.54, 1.807) is 0 Å². The van der Waals surface area contributed by atoms with Crippen LogP contribution in [0.4, 0.5) is 8.78 Å². The van der Waals surface area contributed by atoms with Gasteiger partial charge < -0.3 is 4.74 Å². The van der Waals surface area contributed by atoms with Gasteiger partial charge in [-0.05, 0) is 19.1 Å². The summed E-state index contributed by atoms with van der Waals surface area (Å²) < 4.78 is 54.7. The minimum atomic E-state index is -3.25. The Morgan fingerprint density at radius 3 is 2.59 bits per heavy atom. The molecule has 1 aromatic rings. The van der Waals surface area contributed by atoms with Gasteiger partial charge in [-0.15, -0.1) is 0 Å². The van der Waals surface area contributed by atoms with Gasteiger partial charge in [0.05, 0.1) is 5.75 Å². The summed E-state index contributed by atoms with van der Waals surface area (Å²) in [6.45, 7) is 1.64. The summed E-state index contributed by atoms with van der Waals surface area (Å²) >= 11 is 0. The second-order valence-electron chi connectivity index (χ2n) is 3.22. The maximum Gasteiger partial charge on any atom is 0.211 e. The number of sulfonamides is 1. The fourth-order valence-electron chi connectivity index (χ4n) is 1.03. The first-order chi connectivity index (χ1) is 7.94. The highest BCUT2D eigenvalue weighted by Crippen LogP contribution is 2.14. The van der Waals surface area contributed by atoms with Crippen molar-refractivity contribution in [1.29, 1.82) is 0 Å². The van der Waals surface area contributed by atoms with Crippen molar-refractivity contribution in [1.82, 2.24) is 4.72 Å². The van der Waals surface area contributed by atoms with Crippen LogP contribution < -0.4 is 9.46 Å². The lowest BCUT2D eigenvalue weighted by Gasteiger charge is -2.07. The molecule has 0 spiro atoms. The van der Waals surface area contributed by atoms with E-state index in [1.165, 1.54) is 13.0 Å². The minimum Gasteiger partial charge on any atom is -0.492 e. The molecule has 0 fully saturated rings. The Balaban J connectivity index is 2.39. The average molecular weight is 265 g/mol. The largest absolute Gasteiger partial charge is 0.492 e. The van der Waals surface area contributed by atoms with Gasteiger partial charge >= 0.3 is 0 Å². The highest BCUT2D eigenvalue weighted by atomic mass is 32.2. The summed E-state index contributed by atoms with van der Waals surface area (Å²) in [4.78, 5) is 0. The van der Waals surface area contributed by atoms with Gasteiger partial charge in [-0.3, -0.25) is 0 Å². The first kappa shape index (κ1) is 13.9. The van der Waals surface area contributed by atoms with Crippen LogP contribution in [-0.2, 0) is 10.0 Å². The van der Waals surface area contributed by atoms with Crippen LogP contribution in [-0.4, -0.2) is 27.3 Å². The zero-order valence-corrected chi connectivity index (χ0v) is 10.1. The van der Waals surface area contributed by atoms with Gasteiger partial charge in [-0.1, -0.05) is 0 Å². The molecule has 0 bridgehead atoms. The van der Waals surface area contributed by atoms with Crippen molar-refractivity contribution in [2.24, 2.45) is 0 Å². The van der Waals surface area contributed by atoms with E-state index in [4.69, 9.17) is 4.74 Å². The van der Waals surface area contributed by atoms with Crippen molar-refractivity contribution in [2.75, 3.05) is 18.9 Å². The van der Waals surface area contributed by atoms with E-state index in [0.717, 1.165) is 12.1 Å². The van der Waals surface area contributed by atoms with Gasteiger partial charge in [-0.2, -0.15) is 0 Å². The van der Waals surface area contributed by atoms with E-state index in [2.05, 4.69) is 4.72 Å². The first-order valence-electron chi connectivity index (χ1n) is 5.00. The molecule has 0 atom stereocenters. The van der Waals surface area contributed by atoms with Gasteiger partial charge in [0, 0.05) is 12.6 Å². The summed E-state index contributed by atoms with van der Waals surface area (Å²) in [7, 11) is -3.25. The van der Waals surface area contributed by atoms with Gasteiger partial charge in [0.1, 0.15) is 12.4 Å². The molecule has 0 aliphatic rings. The van der Waals surface area contributed by atoms with E-state index in [0.29, 0.717) is 0 Å². The predicted molar refractivity (Wildman–Crippen MR) is 59.3 cm³/mol. The van der Waals surface area contributed by atoms with Crippen LogP contribution in [0.3, 0.4) is 0 Å². The summed E-state index contributed by atoms with van der Waals surface area (Å²) in [6.07, 6.45) is 0. The second-order valence-corrected chi connectivity index (χ2v) is 5.32. The Bertz CT molecular complexity index is 476. The maximum atomic E-state index is 12.8. The van der Waals surface area contributed by atoms with Crippen LogP contribution >= 0.6 is 0 Å². The number of nitrogens with one attached hydrogen (secondary N) is 1. The second kappa shape index (κ2) is 5.92. The monoisotopic (exact) mass is 265 g/mol. The molecule has 0 amide bonds. The number of rotatable bonds is 6. The van der Waals surface area contributed by atoms with Crippen molar-refractivity contribution in [3.05, 3.63) is 29.8 Å². The standard InChI is InChI=1S/C10H13F2NO3S/c1-2-17(14,15)13-5-6-16-8-3-4-9(11)10(12)7-8/h3-4,7,13H,2,5-6H2,1H3. The molecule has 0 aliphatic carbocycles. The molecule has 7 heteroatoms. The summed E-state index contributed by atoms with van der Waals surface area (Å²) in [6, 6.07) is 3.12. The molecule has 1 rings (SSSR count). The predicted octanol–water partition coefficient (Wildman–Crippen LogP) is 1.28. The molecule has 17 heavy (non-hydrogen) atoms. The van der Waals surface area contributed by atoms with Crippen LogP contribution in [0.5, 0.6) is 5.75 Å². The SMILES string of the molecule is CCS(=O)(=O)NCCOc1ccc(F)c(F)c1. The van der Waals surface area contributed by atoms with E-state index in [1.807, 2.05) is 0 Å². The lowest BCUT2D eigenvalue weighted by atomic mass is 10.3. The van der Waals surface area contributed by atoms with Crippen molar-refractivity contribution < 1.29 is 21.9 Å². The molecular formula is C10H13F2NO3S. The van der Waals surface area contributed by atoms with Crippen LogP contribution in [0.1, 0.15) is 6.92 Å². The van der Waals surface area contributed by atoms with Crippen LogP contribution in [0, 0.1) is 11.6 Å². The molecule has 0 radical (unpaired) electrons. The smallest absolute Gasteiger partial charge is 0.211 e. The third kappa shape index (κ3) is 4.66. The molecule has 0 saturated heterocycles. The third-order valence-electron chi connectivity index (χ3n) is 1.96. The van der Waals surface area contributed by atoms with Crippen molar-refractivity contribution in [3.8, 4) is 5.75 Å². The first-order valence-corrected chi connectivity index (χ1v) is 6.65. The third-order valence-corrected chi connectivity index (χ3v) is 3.37. The Morgan fingerprint density at radius 1 is 1.29 bits per heavy atom. The fourth-order valence-corrected chi connectivity index (χ4v) is 1.63. The number of hydrogen-bond acceptors (Lipinski definition) is 3. The van der Waals surface area contributed by atoms with Crippen molar-refractivity contribution in [3.63, 3.8) is 0 Å². The highest BCUT2D eigenvalue weighted by Gasteiger charge is 2.06. The zero-order valence-electron chi connectivity index (χ0n) is 9.24. The van der Waals surface area contributed by atoms with E-state index in [-0.39, 0.29) is 24.7 Å². The normalized spacial score (nSPS) is 11.5. The molecule has 0 saturated carbocycles. The van der Waals surface area contributed by atoms with E-state index < -0.39 is 21.7 Å². The number of benzene rings is 1. The molecule has 0 aliphatic heterocycles. The lowest BCUT2D eigenvalue weighted by Crippen LogP contribution is -2.29. The maximum absolute atomic E-state index is 12.8. The van der Waals surface area contributed by atoms with E-state index >= 15 is 0 Å². The van der Waals surface area contributed by atoms with Gasteiger partial charge in [0.15, 0.2) is 11.6 Å². The Kier molecular flexibility index (Phi) is 4.83. The molecule has 96 valence electrons. The van der Waals surface area contributed by atoms with Gasteiger partial charge in [0.2, 0.25) is 10.0 Å². The molecular weight excluding hydrogens is 252 g/mol. The molecule has 4 nitrogen and oxygen atoms in total. The molecule has 1 N–H and O–H groups in total. The van der Waals surface area contributed by atoms with Crippen molar-refractivity contribution in [2.45, 2.75) is 6.92 Å². The lowest BCUT2D eigenvalue weighted by molar-refractivity contribution is 0.319. The number of halogens is 2. The summed E-state index contributed by atoms with van der Waals surface area (Å²) in [5.41, 5.74) is 0. The van der Waals surface area contributed by atoms with Crippen molar-refractivity contribution >= 4 is 10.0 Å². The van der Waals surface area contributed by atoms with Crippen LogP contribution in [0.2, 0.25) is 0 Å².